The summed E-state index contributed by atoms with van der Waals surface area (Å²) in [5.41, 5.74) is 0.915. The van der Waals surface area contributed by atoms with Gasteiger partial charge >= 0.3 is 5.97 Å². The number of carboxylic acid groups (broad SMARTS) is 1. The second-order valence-electron chi connectivity index (χ2n) is 4.96. The third-order valence-corrected chi connectivity index (χ3v) is 3.37. The van der Waals surface area contributed by atoms with Crippen molar-refractivity contribution in [1.82, 2.24) is 5.32 Å². The number of para-hydroxylation sites is 1. The number of hydrogen-bond donors (Lipinski definition) is 2. The summed E-state index contributed by atoms with van der Waals surface area (Å²) in [6.07, 6.45) is 0.700. The van der Waals surface area contributed by atoms with Crippen LogP contribution in [0.25, 0.3) is 0 Å². The topological polar surface area (TPSA) is 69.6 Å². The summed E-state index contributed by atoms with van der Waals surface area (Å²) < 4.78 is 0. The first kappa shape index (κ1) is 16.0. The molecule has 0 aromatic heterocycles. The average molecular weight is 278 g/mol. The molecule has 1 aromatic carbocycles. The number of nitrogens with zero attached hydrogens (tertiary/aromatic N) is 1. The van der Waals surface area contributed by atoms with Crippen LogP contribution in [0.15, 0.2) is 30.3 Å². The molecule has 0 aliphatic rings. The molecule has 0 spiro atoms. The number of carbonyl (C=O) groups excluding carboxylic acids is 1. The highest BCUT2D eigenvalue weighted by Crippen LogP contribution is 2.11. The van der Waals surface area contributed by atoms with Gasteiger partial charge in [-0.15, -0.1) is 0 Å². The van der Waals surface area contributed by atoms with Crippen LogP contribution in [0, 0.1) is 5.92 Å². The van der Waals surface area contributed by atoms with Gasteiger partial charge in [0.15, 0.2) is 0 Å². The zero-order chi connectivity index (χ0) is 15.1. The van der Waals surface area contributed by atoms with E-state index in [2.05, 4.69) is 5.32 Å². The smallest absolute Gasteiger partial charge is 0.326 e. The molecule has 0 saturated carbocycles. The third kappa shape index (κ3) is 4.57. The Morgan fingerprint density at radius 3 is 2.40 bits per heavy atom. The summed E-state index contributed by atoms with van der Waals surface area (Å²) >= 11 is 0. The Morgan fingerprint density at radius 1 is 1.30 bits per heavy atom. The van der Waals surface area contributed by atoms with Crippen molar-refractivity contribution in [1.29, 1.82) is 0 Å². The molecule has 0 aliphatic heterocycles. The van der Waals surface area contributed by atoms with Gasteiger partial charge in [0, 0.05) is 12.7 Å². The number of benzene rings is 1. The first-order valence-corrected chi connectivity index (χ1v) is 6.74. The van der Waals surface area contributed by atoms with Crippen molar-refractivity contribution < 1.29 is 14.7 Å². The van der Waals surface area contributed by atoms with Gasteiger partial charge in [-0.2, -0.15) is 0 Å². The zero-order valence-electron chi connectivity index (χ0n) is 12.2. The van der Waals surface area contributed by atoms with Crippen molar-refractivity contribution in [2.45, 2.75) is 26.3 Å². The van der Waals surface area contributed by atoms with E-state index in [1.807, 2.05) is 44.2 Å². The highest BCUT2D eigenvalue weighted by Gasteiger charge is 2.25. The normalized spacial score (nSPS) is 13.3. The zero-order valence-corrected chi connectivity index (χ0v) is 12.2. The number of hydrogen-bond acceptors (Lipinski definition) is 3. The van der Waals surface area contributed by atoms with E-state index in [-0.39, 0.29) is 18.4 Å². The van der Waals surface area contributed by atoms with Crippen LogP contribution in [-0.4, -0.2) is 36.6 Å². The summed E-state index contributed by atoms with van der Waals surface area (Å²) in [5, 5.41) is 11.7. The molecule has 0 radical (unpaired) electrons. The molecule has 1 rings (SSSR count). The average Bonchev–Trinajstić information content (AvgIpc) is 2.44. The van der Waals surface area contributed by atoms with E-state index in [0.29, 0.717) is 6.42 Å². The summed E-state index contributed by atoms with van der Waals surface area (Å²) in [6.45, 7) is 3.85. The molecule has 0 aliphatic carbocycles. The van der Waals surface area contributed by atoms with Gasteiger partial charge in [0.1, 0.15) is 6.04 Å². The van der Waals surface area contributed by atoms with Crippen LogP contribution in [-0.2, 0) is 9.59 Å². The lowest BCUT2D eigenvalue weighted by Gasteiger charge is -2.23. The number of rotatable bonds is 7. The van der Waals surface area contributed by atoms with E-state index >= 15 is 0 Å². The lowest BCUT2D eigenvalue weighted by molar-refractivity contribution is -0.143. The van der Waals surface area contributed by atoms with E-state index in [1.54, 1.807) is 11.9 Å². The lowest BCUT2D eigenvalue weighted by atomic mass is 9.99. The van der Waals surface area contributed by atoms with Crippen molar-refractivity contribution in [3.8, 4) is 0 Å². The fourth-order valence-corrected chi connectivity index (χ4v) is 1.89. The van der Waals surface area contributed by atoms with Gasteiger partial charge in [0.05, 0.1) is 6.54 Å². The molecule has 2 N–H and O–H groups in total. The van der Waals surface area contributed by atoms with Gasteiger partial charge in [-0.1, -0.05) is 38.5 Å². The van der Waals surface area contributed by atoms with Crippen molar-refractivity contribution in [3.63, 3.8) is 0 Å². The Bertz CT molecular complexity index is 448. The van der Waals surface area contributed by atoms with Gasteiger partial charge in [-0.25, -0.2) is 4.79 Å². The summed E-state index contributed by atoms with van der Waals surface area (Å²) in [7, 11) is 1.80. The molecule has 0 saturated heterocycles. The Morgan fingerprint density at radius 2 is 1.90 bits per heavy atom. The maximum Gasteiger partial charge on any atom is 0.326 e. The first-order chi connectivity index (χ1) is 9.45. The first-order valence-electron chi connectivity index (χ1n) is 6.74. The molecule has 1 amide bonds. The number of amides is 1. The number of aliphatic carboxylic acids is 1. The molecule has 110 valence electrons. The van der Waals surface area contributed by atoms with Gasteiger partial charge in [-0.05, 0) is 18.1 Å². The van der Waals surface area contributed by atoms with Crippen molar-refractivity contribution in [3.05, 3.63) is 30.3 Å². The monoisotopic (exact) mass is 278 g/mol. The minimum absolute atomic E-state index is 0.0986. The van der Waals surface area contributed by atoms with E-state index in [4.69, 9.17) is 5.11 Å². The Labute approximate surface area is 119 Å². The van der Waals surface area contributed by atoms with Crippen LogP contribution in [0.1, 0.15) is 20.3 Å². The van der Waals surface area contributed by atoms with E-state index < -0.39 is 12.0 Å². The highest BCUT2D eigenvalue weighted by molar-refractivity contribution is 5.86. The molecule has 0 bridgehead atoms. The van der Waals surface area contributed by atoms with Gasteiger partial charge < -0.3 is 15.3 Å². The second kappa shape index (κ2) is 7.53. The largest absolute Gasteiger partial charge is 0.480 e. The number of carboxylic acids is 1. The molecule has 0 heterocycles. The quantitative estimate of drug-likeness (QED) is 0.797. The number of carbonyl (C=O) groups is 2. The number of nitrogens with one attached hydrogen (secondary N) is 1. The predicted octanol–water partition coefficient (Wildman–Crippen LogP) is 1.74. The molecule has 20 heavy (non-hydrogen) atoms. The minimum atomic E-state index is -0.991. The van der Waals surface area contributed by atoms with Gasteiger partial charge in [0.25, 0.3) is 0 Å². The van der Waals surface area contributed by atoms with E-state index in [0.717, 1.165) is 5.69 Å². The predicted molar refractivity (Wildman–Crippen MR) is 78.7 cm³/mol. The van der Waals surface area contributed by atoms with Crippen LogP contribution in [0.5, 0.6) is 0 Å². The fourth-order valence-electron chi connectivity index (χ4n) is 1.89. The Hall–Kier alpha value is -2.04. The van der Waals surface area contributed by atoms with Crippen LogP contribution in [0.3, 0.4) is 0 Å². The minimum Gasteiger partial charge on any atom is -0.480 e. The van der Waals surface area contributed by atoms with E-state index in [1.165, 1.54) is 0 Å². The van der Waals surface area contributed by atoms with Crippen molar-refractivity contribution in [2.75, 3.05) is 18.5 Å². The molecule has 5 heteroatoms. The maximum absolute atomic E-state index is 11.9. The van der Waals surface area contributed by atoms with Gasteiger partial charge in [-0.3, -0.25) is 4.79 Å². The second-order valence-corrected chi connectivity index (χ2v) is 4.96. The molecular weight excluding hydrogens is 256 g/mol. The fraction of sp³-hybridized carbons (Fsp3) is 0.467. The van der Waals surface area contributed by atoms with Crippen LogP contribution in [0.2, 0.25) is 0 Å². The number of anilines is 1. The van der Waals surface area contributed by atoms with E-state index in [9.17, 15) is 9.59 Å². The lowest BCUT2D eigenvalue weighted by Crippen LogP contribution is -2.48. The molecule has 5 nitrogen and oxygen atoms in total. The standard InChI is InChI=1S/C15H22N2O3/c1-4-11(2)14(15(19)20)16-13(18)10-17(3)12-8-6-5-7-9-12/h5-9,11,14H,4,10H2,1-3H3,(H,16,18)(H,19,20). The third-order valence-electron chi connectivity index (χ3n) is 3.37. The highest BCUT2D eigenvalue weighted by atomic mass is 16.4. The molecule has 2 unspecified atom stereocenters. The summed E-state index contributed by atoms with van der Waals surface area (Å²) in [6, 6.07) is 8.65. The molecule has 0 fully saturated rings. The van der Waals surface area contributed by atoms with Crippen molar-refractivity contribution in [2.24, 2.45) is 5.92 Å². The number of likely N-dealkylation sites (N-methyl/N-ethyl adjacent to an activating group) is 1. The van der Waals surface area contributed by atoms with Crippen LogP contribution >= 0.6 is 0 Å². The SMILES string of the molecule is CCC(C)C(NC(=O)CN(C)c1ccccc1)C(=O)O. The molecule has 1 aromatic rings. The Balaban J connectivity index is 2.60. The molecular formula is C15H22N2O3. The maximum atomic E-state index is 11.9. The van der Waals surface area contributed by atoms with Gasteiger partial charge in [0.2, 0.25) is 5.91 Å². The van der Waals surface area contributed by atoms with Crippen LogP contribution in [0.4, 0.5) is 5.69 Å². The van der Waals surface area contributed by atoms with Crippen LogP contribution < -0.4 is 10.2 Å². The van der Waals surface area contributed by atoms with Crippen molar-refractivity contribution >= 4 is 17.6 Å². The summed E-state index contributed by atoms with van der Waals surface area (Å²) in [4.78, 5) is 24.9. The summed E-state index contributed by atoms with van der Waals surface area (Å²) in [5.74, 6) is -1.38. The molecule has 2 atom stereocenters. The Kier molecular flexibility index (Phi) is 6.03.